The van der Waals surface area contributed by atoms with Crippen LogP contribution >= 0.6 is 0 Å². The summed E-state index contributed by atoms with van der Waals surface area (Å²) in [5.74, 6) is -0.718. The first-order valence-electron chi connectivity index (χ1n) is 8.75. The van der Waals surface area contributed by atoms with E-state index in [0.29, 0.717) is 6.42 Å². The molecule has 0 bridgehead atoms. The van der Waals surface area contributed by atoms with Gasteiger partial charge in [0.25, 0.3) is 0 Å². The Morgan fingerprint density at radius 2 is 1.45 bits per heavy atom. The molecule has 0 fully saturated rings. The molecule has 0 atom stereocenters. The smallest absolute Gasteiger partial charge is 0.303 e. The molecule has 0 saturated carbocycles. The Bertz CT molecular complexity index is 354. The minimum Gasteiger partial charge on any atom is -0.481 e. The van der Waals surface area contributed by atoms with Gasteiger partial charge < -0.3 is 10.0 Å². The Balaban J connectivity index is 3.77. The van der Waals surface area contributed by atoms with Gasteiger partial charge in [-0.05, 0) is 72.0 Å². The Hall–Kier alpha value is -1.09. The molecule has 0 unspecified atom stereocenters. The number of hydrogen-bond acceptors (Lipinski definition) is 2. The molecule has 0 aliphatic heterocycles. The molecule has 0 aromatic rings. The Labute approximate surface area is 137 Å². The van der Waals surface area contributed by atoms with Gasteiger partial charge in [0.05, 0.1) is 0 Å². The van der Waals surface area contributed by atoms with Gasteiger partial charge in [0.2, 0.25) is 0 Å². The average molecular weight is 309 g/mol. The number of carbonyl (C=O) groups is 1. The van der Waals surface area contributed by atoms with E-state index in [1.54, 1.807) is 0 Å². The number of carboxylic acid groups (broad SMARTS) is 1. The van der Waals surface area contributed by atoms with E-state index in [1.165, 1.54) is 37.0 Å². The summed E-state index contributed by atoms with van der Waals surface area (Å²) < 4.78 is 0. The zero-order valence-electron chi connectivity index (χ0n) is 15.0. The Morgan fingerprint density at radius 3 is 2.00 bits per heavy atom. The van der Waals surface area contributed by atoms with Gasteiger partial charge in [-0.25, -0.2) is 0 Å². The first-order chi connectivity index (χ1) is 10.5. The van der Waals surface area contributed by atoms with Crippen LogP contribution in [0, 0.1) is 0 Å². The van der Waals surface area contributed by atoms with Crippen molar-refractivity contribution in [2.75, 3.05) is 19.6 Å². The molecular formula is C19H35NO2. The number of rotatable bonds is 13. The van der Waals surface area contributed by atoms with Crippen LogP contribution in [0.5, 0.6) is 0 Å². The third-order valence-electron chi connectivity index (χ3n) is 4.07. The molecule has 1 N–H and O–H groups in total. The summed E-state index contributed by atoms with van der Waals surface area (Å²) >= 11 is 0. The van der Waals surface area contributed by atoms with Crippen molar-refractivity contribution in [3.63, 3.8) is 0 Å². The number of allylic oxidation sites excluding steroid dienone is 4. The molecule has 0 heterocycles. The molecule has 0 aliphatic carbocycles. The van der Waals surface area contributed by atoms with Crippen LogP contribution < -0.4 is 0 Å². The van der Waals surface area contributed by atoms with Crippen LogP contribution in [0.1, 0.15) is 72.6 Å². The molecule has 0 aromatic heterocycles. The average Bonchev–Trinajstić information content (AvgIpc) is 2.47. The molecule has 3 nitrogen and oxygen atoms in total. The molecular weight excluding hydrogens is 274 g/mol. The summed E-state index contributed by atoms with van der Waals surface area (Å²) in [5, 5.41) is 8.60. The van der Waals surface area contributed by atoms with E-state index in [2.05, 4.69) is 44.7 Å². The molecule has 0 saturated heterocycles. The van der Waals surface area contributed by atoms with Crippen LogP contribution in [0.2, 0.25) is 0 Å². The fourth-order valence-electron chi connectivity index (χ4n) is 2.47. The minimum absolute atomic E-state index is 0.235. The molecule has 0 rings (SSSR count). The van der Waals surface area contributed by atoms with E-state index in [4.69, 9.17) is 5.11 Å². The predicted molar refractivity (Wildman–Crippen MR) is 95.3 cm³/mol. The maximum Gasteiger partial charge on any atom is 0.303 e. The van der Waals surface area contributed by atoms with Crippen LogP contribution in [0.15, 0.2) is 23.3 Å². The van der Waals surface area contributed by atoms with E-state index in [9.17, 15) is 4.79 Å². The number of nitrogens with zero attached hydrogens (tertiary/aromatic N) is 1. The van der Waals surface area contributed by atoms with Crippen molar-refractivity contribution in [3.8, 4) is 0 Å². The highest BCUT2D eigenvalue weighted by Crippen LogP contribution is 2.12. The van der Waals surface area contributed by atoms with Crippen LogP contribution in [0.4, 0.5) is 0 Å². The largest absolute Gasteiger partial charge is 0.481 e. The first kappa shape index (κ1) is 20.9. The summed E-state index contributed by atoms with van der Waals surface area (Å²) in [7, 11) is 0. The zero-order chi connectivity index (χ0) is 16.8. The number of hydrogen-bond donors (Lipinski definition) is 1. The lowest BCUT2D eigenvalue weighted by atomic mass is 10.1. The van der Waals surface area contributed by atoms with Crippen molar-refractivity contribution in [1.82, 2.24) is 4.90 Å². The van der Waals surface area contributed by atoms with Gasteiger partial charge in [0, 0.05) is 6.42 Å². The topological polar surface area (TPSA) is 40.5 Å². The fourth-order valence-corrected chi connectivity index (χ4v) is 2.47. The summed E-state index contributed by atoms with van der Waals surface area (Å²) in [6, 6.07) is 0. The third kappa shape index (κ3) is 12.6. The Morgan fingerprint density at radius 1 is 0.909 bits per heavy atom. The van der Waals surface area contributed by atoms with E-state index in [0.717, 1.165) is 25.9 Å². The highest BCUT2D eigenvalue weighted by molar-refractivity contribution is 5.66. The maximum atomic E-state index is 10.4. The summed E-state index contributed by atoms with van der Waals surface area (Å²) in [5.41, 5.74) is 2.78. The van der Waals surface area contributed by atoms with Crippen molar-refractivity contribution in [2.45, 2.75) is 72.6 Å². The van der Waals surface area contributed by atoms with Gasteiger partial charge >= 0.3 is 5.97 Å². The summed E-state index contributed by atoms with van der Waals surface area (Å²) in [4.78, 5) is 12.9. The molecule has 0 aliphatic rings. The molecule has 0 amide bonds. The van der Waals surface area contributed by atoms with E-state index in [-0.39, 0.29) is 6.42 Å². The van der Waals surface area contributed by atoms with E-state index < -0.39 is 5.97 Å². The second kappa shape index (κ2) is 13.6. The maximum absolute atomic E-state index is 10.4. The third-order valence-corrected chi connectivity index (χ3v) is 4.07. The lowest BCUT2D eigenvalue weighted by Gasteiger charge is -2.17. The quantitative estimate of drug-likeness (QED) is 0.383. The molecule has 0 spiro atoms. The number of aliphatic carboxylic acids is 1. The highest BCUT2D eigenvalue weighted by atomic mass is 16.4. The number of carboxylic acids is 1. The fraction of sp³-hybridized carbons (Fsp3) is 0.737. The standard InChI is InChI=1S/C19H35NO2/c1-5-20(6-2)16-8-7-11-17(3)12-9-13-18(4)14-10-15-19(21)22/h12,14H,5-11,13,15-16H2,1-4H3,(H,21,22). The zero-order valence-corrected chi connectivity index (χ0v) is 15.0. The number of unbranched alkanes of at least 4 members (excludes halogenated alkanes) is 1. The van der Waals surface area contributed by atoms with Gasteiger partial charge in [-0.15, -0.1) is 0 Å². The van der Waals surface area contributed by atoms with Crippen LogP contribution in [0.3, 0.4) is 0 Å². The van der Waals surface area contributed by atoms with Crippen molar-refractivity contribution in [3.05, 3.63) is 23.3 Å². The summed E-state index contributed by atoms with van der Waals surface area (Å²) in [6.07, 6.45) is 11.1. The molecule has 3 heteroatoms. The van der Waals surface area contributed by atoms with Crippen molar-refractivity contribution < 1.29 is 9.90 Å². The van der Waals surface area contributed by atoms with Gasteiger partial charge in [-0.3, -0.25) is 4.79 Å². The first-order valence-corrected chi connectivity index (χ1v) is 8.75. The van der Waals surface area contributed by atoms with Gasteiger partial charge in [0.15, 0.2) is 0 Å². The molecule has 22 heavy (non-hydrogen) atoms. The lowest BCUT2D eigenvalue weighted by Crippen LogP contribution is -2.23. The predicted octanol–water partition coefficient (Wildman–Crippen LogP) is 5.04. The minimum atomic E-state index is -0.718. The molecule has 0 aromatic carbocycles. The summed E-state index contributed by atoms with van der Waals surface area (Å²) in [6.45, 7) is 12.3. The Kier molecular flexibility index (Phi) is 12.9. The lowest BCUT2D eigenvalue weighted by molar-refractivity contribution is -0.136. The molecule has 128 valence electrons. The monoisotopic (exact) mass is 309 g/mol. The van der Waals surface area contributed by atoms with Crippen molar-refractivity contribution >= 4 is 5.97 Å². The second-order valence-electron chi connectivity index (χ2n) is 6.06. The van der Waals surface area contributed by atoms with Crippen LogP contribution in [-0.2, 0) is 4.79 Å². The highest BCUT2D eigenvalue weighted by Gasteiger charge is 1.99. The normalized spacial score (nSPS) is 13.0. The van der Waals surface area contributed by atoms with Crippen LogP contribution in [-0.4, -0.2) is 35.6 Å². The van der Waals surface area contributed by atoms with Crippen LogP contribution in [0.25, 0.3) is 0 Å². The van der Waals surface area contributed by atoms with E-state index in [1.807, 2.05) is 0 Å². The van der Waals surface area contributed by atoms with E-state index >= 15 is 0 Å². The SMILES string of the molecule is CCN(CC)CCCCC(C)=CCCC(C)=CCCC(=O)O. The van der Waals surface area contributed by atoms with Crippen molar-refractivity contribution in [1.29, 1.82) is 0 Å². The van der Waals surface area contributed by atoms with Gasteiger partial charge in [-0.1, -0.05) is 37.1 Å². The molecule has 0 radical (unpaired) electrons. The van der Waals surface area contributed by atoms with Gasteiger partial charge in [0.1, 0.15) is 0 Å². The van der Waals surface area contributed by atoms with Gasteiger partial charge in [-0.2, -0.15) is 0 Å². The second-order valence-corrected chi connectivity index (χ2v) is 6.06. The van der Waals surface area contributed by atoms with Crippen molar-refractivity contribution in [2.24, 2.45) is 0 Å².